The van der Waals surface area contributed by atoms with Crippen molar-refractivity contribution in [3.05, 3.63) is 35.9 Å². The molecule has 0 aliphatic carbocycles. The number of aliphatic carboxylic acids is 1. The molecule has 1 aliphatic heterocycles. The number of hydrogen-bond acceptors (Lipinski definition) is 4. The Kier molecular flexibility index (Phi) is 4.59. The fraction of sp³-hybridized carbons (Fsp3) is 0.333. The summed E-state index contributed by atoms with van der Waals surface area (Å²) < 4.78 is 5.08. The van der Waals surface area contributed by atoms with E-state index in [0.29, 0.717) is 5.75 Å². The van der Waals surface area contributed by atoms with E-state index in [1.165, 1.54) is 11.0 Å². The van der Waals surface area contributed by atoms with E-state index in [-0.39, 0.29) is 13.0 Å². The molecule has 112 valence electrons. The molecule has 2 atom stereocenters. The second-order valence-electron chi connectivity index (χ2n) is 4.84. The van der Waals surface area contributed by atoms with Crippen LogP contribution in [0.3, 0.4) is 0 Å². The molecule has 0 spiro atoms. The maximum absolute atomic E-state index is 12.1. The topological polar surface area (TPSA) is 87.1 Å². The van der Waals surface area contributed by atoms with Crippen molar-refractivity contribution < 1.29 is 24.5 Å². The number of methoxy groups -OCH3 is 1. The standard InChI is InChI=1S/C15H17NO5/c1-21-12-4-2-3-10(7-12)5-6-14(18)16-9-11(17)8-13(16)15(19)20/h2-7,11,13,17H,8-9H2,1H3,(H,19,20)/t11-,13-/m1/s1. The number of aliphatic hydroxyl groups is 1. The van der Waals surface area contributed by atoms with Crippen molar-refractivity contribution in [2.24, 2.45) is 0 Å². The number of ether oxygens (including phenoxy) is 1. The lowest BCUT2D eigenvalue weighted by Gasteiger charge is -2.19. The summed E-state index contributed by atoms with van der Waals surface area (Å²) in [4.78, 5) is 24.3. The largest absolute Gasteiger partial charge is 0.497 e. The minimum atomic E-state index is -1.10. The van der Waals surface area contributed by atoms with Crippen LogP contribution in [0.5, 0.6) is 5.75 Å². The molecule has 6 heteroatoms. The first-order chi connectivity index (χ1) is 10.0. The quantitative estimate of drug-likeness (QED) is 0.800. The van der Waals surface area contributed by atoms with E-state index in [1.807, 2.05) is 0 Å². The summed E-state index contributed by atoms with van der Waals surface area (Å²) >= 11 is 0. The number of aliphatic hydroxyl groups excluding tert-OH is 1. The molecule has 0 radical (unpaired) electrons. The molecule has 1 saturated heterocycles. The van der Waals surface area contributed by atoms with Crippen LogP contribution in [0.4, 0.5) is 0 Å². The smallest absolute Gasteiger partial charge is 0.326 e. The summed E-state index contributed by atoms with van der Waals surface area (Å²) in [6, 6.07) is 6.18. The SMILES string of the molecule is COc1cccc(C=CC(=O)N2C[C@H](O)C[C@@H]2C(=O)O)c1. The van der Waals surface area contributed by atoms with Crippen LogP contribution >= 0.6 is 0 Å². The molecule has 1 heterocycles. The summed E-state index contributed by atoms with van der Waals surface area (Å²) in [5.41, 5.74) is 0.773. The molecule has 2 N–H and O–H groups in total. The van der Waals surface area contributed by atoms with E-state index in [4.69, 9.17) is 9.84 Å². The van der Waals surface area contributed by atoms with E-state index < -0.39 is 24.0 Å². The third kappa shape index (κ3) is 3.61. The van der Waals surface area contributed by atoms with Crippen LogP contribution in [0, 0.1) is 0 Å². The molecule has 6 nitrogen and oxygen atoms in total. The number of benzene rings is 1. The second-order valence-corrected chi connectivity index (χ2v) is 4.84. The number of carbonyl (C=O) groups is 2. The highest BCUT2D eigenvalue weighted by Crippen LogP contribution is 2.19. The number of carbonyl (C=O) groups excluding carboxylic acids is 1. The van der Waals surface area contributed by atoms with Crippen LogP contribution in [-0.2, 0) is 9.59 Å². The lowest BCUT2D eigenvalue weighted by Crippen LogP contribution is -2.39. The number of nitrogens with zero attached hydrogens (tertiary/aromatic N) is 1. The van der Waals surface area contributed by atoms with Gasteiger partial charge in [0.2, 0.25) is 5.91 Å². The molecular weight excluding hydrogens is 274 g/mol. The molecular formula is C15H17NO5. The van der Waals surface area contributed by atoms with Crippen molar-refractivity contribution in [2.45, 2.75) is 18.6 Å². The van der Waals surface area contributed by atoms with Crippen LogP contribution < -0.4 is 4.74 Å². The van der Waals surface area contributed by atoms with Crippen LogP contribution in [0.25, 0.3) is 6.08 Å². The lowest BCUT2D eigenvalue weighted by atomic mass is 10.2. The van der Waals surface area contributed by atoms with E-state index in [1.54, 1.807) is 37.5 Å². The van der Waals surface area contributed by atoms with Crippen molar-refractivity contribution >= 4 is 18.0 Å². The van der Waals surface area contributed by atoms with Crippen molar-refractivity contribution in [1.29, 1.82) is 0 Å². The van der Waals surface area contributed by atoms with Gasteiger partial charge in [-0.25, -0.2) is 4.79 Å². The highest BCUT2D eigenvalue weighted by Gasteiger charge is 2.37. The second kappa shape index (κ2) is 6.41. The third-order valence-electron chi connectivity index (χ3n) is 3.36. The highest BCUT2D eigenvalue weighted by atomic mass is 16.5. The molecule has 0 bridgehead atoms. The molecule has 1 amide bonds. The number of amides is 1. The van der Waals surface area contributed by atoms with Gasteiger partial charge in [-0.2, -0.15) is 0 Å². The molecule has 1 aromatic carbocycles. The number of carboxylic acids is 1. The molecule has 0 unspecified atom stereocenters. The Labute approximate surface area is 122 Å². The van der Waals surface area contributed by atoms with Crippen LogP contribution in [0.1, 0.15) is 12.0 Å². The Morgan fingerprint density at radius 3 is 2.86 bits per heavy atom. The molecule has 1 aliphatic rings. The van der Waals surface area contributed by atoms with Gasteiger partial charge < -0.3 is 19.8 Å². The maximum Gasteiger partial charge on any atom is 0.326 e. The Bertz CT molecular complexity index is 569. The van der Waals surface area contributed by atoms with Gasteiger partial charge in [0.1, 0.15) is 11.8 Å². The van der Waals surface area contributed by atoms with Gasteiger partial charge >= 0.3 is 5.97 Å². The van der Waals surface area contributed by atoms with Gasteiger partial charge in [0.25, 0.3) is 0 Å². The van der Waals surface area contributed by atoms with Gasteiger partial charge in [-0.05, 0) is 23.8 Å². The first-order valence-corrected chi connectivity index (χ1v) is 6.55. The van der Waals surface area contributed by atoms with Crippen LogP contribution in [0.2, 0.25) is 0 Å². The Morgan fingerprint density at radius 2 is 2.19 bits per heavy atom. The van der Waals surface area contributed by atoms with Crippen molar-refractivity contribution in [3.8, 4) is 5.75 Å². The monoisotopic (exact) mass is 291 g/mol. The van der Waals surface area contributed by atoms with Crippen molar-refractivity contribution in [3.63, 3.8) is 0 Å². The first kappa shape index (κ1) is 15.1. The van der Waals surface area contributed by atoms with Crippen molar-refractivity contribution in [1.82, 2.24) is 4.90 Å². The predicted molar refractivity (Wildman–Crippen MR) is 75.8 cm³/mol. The molecule has 0 aromatic heterocycles. The molecule has 2 rings (SSSR count). The average Bonchev–Trinajstić information content (AvgIpc) is 2.87. The average molecular weight is 291 g/mol. The van der Waals surface area contributed by atoms with Gasteiger partial charge in [-0.15, -0.1) is 0 Å². The molecule has 21 heavy (non-hydrogen) atoms. The summed E-state index contributed by atoms with van der Waals surface area (Å²) in [5, 5.41) is 18.6. The Hall–Kier alpha value is -2.34. The molecule has 1 aromatic rings. The summed E-state index contributed by atoms with van der Waals surface area (Å²) in [6.45, 7) is 0.0399. The zero-order valence-electron chi connectivity index (χ0n) is 11.6. The lowest BCUT2D eigenvalue weighted by molar-refractivity contribution is -0.146. The Balaban J connectivity index is 2.09. The van der Waals surface area contributed by atoms with Gasteiger partial charge in [-0.1, -0.05) is 12.1 Å². The Morgan fingerprint density at radius 1 is 1.43 bits per heavy atom. The van der Waals surface area contributed by atoms with Gasteiger partial charge in [0.05, 0.1) is 13.2 Å². The fourth-order valence-electron chi connectivity index (χ4n) is 2.30. The summed E-state index contributed by atoms with van der Waals surface area (Å²) in [6.07, 6.45) is 2.17. The van der Waals surface area contributed by atoms with Gasteiger partial charge in [0, 0.05) is 19.0 Å². The molecule has 0 saturated carbocycles. The van der Waals surface area contributed by atoms with E-state index in [0.717, 1.165) is 5.56 Å². The fourth-order valence-corrected chi connectivity index (χ4v) is 2.30. The third-order valence-corrected chi connectivity index (χ3v) is 3.36. The van der Waals surface area contributed by atoms with E-state index in [2.05, 4.69) is 0 Å². The predicted octanol–water partition coefficient (Wildman–Crippen LogP) is 0.755. The van der Waals surface area contributed by atoms with Crippen LogP contribution in [-0.4, -0.2) is 52.8 Å². The summed E-state index contributed by atoms with van der Waals surface area (Å²) in [5.74, 6) is -0.860. The number of likely N-dealkylation sites (tertiary alicyclic amines) is 1. The zero-order valence-corrected chi connectivity index (χ0v) is 11.6. The highest BCUT2D eigenvalue weighted by molar-refractivity contribution is 5.94. The minimum Gasteiger partial charge on any atom is -0.497 e. The number of rotatable bonds is 4. The van der Waals surface area contributed by atoms with Crippen LogP contribution in [0.15, 0.2) is 30.3 Å². The van der Waals surface area contributed by atoms with E-state index in [9.17, 15) is 14.7 Å². The number of hydrogen-bond donors (Lipinski definition) is 2. The normalized spacial score (nSPS) is 21.7. The molecule has 1 fully saturated rings. The minimum absolute atomic E-state index is 0.0399. The summed E-state index contributed by atoms with van der Waals surface area (Å²) in [7, 11) is 1.55. The van der Waals surface area contributed by atoms with Crippen molar-refractivity contribution in [2.75, 3.05) is 13.7 Å². The number of β-amino-alcohol motifs (C(OH)–C–C–N with tert-alkyl or cyclic N) is 1. The first-order valence-electron chi connectivity index (χ1n) is 6.55. The van der Waals surface area contributed by atoms with Gasteiger partial charge in [-0.3, -0.25) is 4.79 Å². The number of carboxylic acid groups (broad SMARTS) is 1. The van der Waals surface area contributed by atoms with Gasteiger partial charge in [0.15, 0.2) is 0 Å². The zero-order chi connectivity index (χ0) is 15.4. The maximum atomic E-state index is 12.1. The van der Waals surface area contributed by atoms with E-state index >= 15 is 0 Å².